The van der Waals surface area contributed by atoms with Crippen LogP contribution < -0.4 is 10.9 Å². The molecule has 0 aliphatic heterocycles. The first kappa shape index (κ1) is 23.9. The summed E-state index contributed by atoms with van der Waals surface area (Å²) in [6.07, 6.45) is 1.26. The van der Waals surface area contributed by atoms with E-state index in [0.717, 1.165) is 20.6 Å². The molecule has 3 rings (SSSR count). The fourth-order valence-electron chi connectivity index (χ4n) is 3.31. The highest BCUT2D eigenvalue weighted by molar-refractivity contribution is 7.17. The Bertz CT molecular complexity index is 1260. The van der Waals surface area contributed by atoms with Crippen molar-refractivity contribution in [3.8, 4) is 11.1 Å². The smallest absolute Gasteiger partial charge is 0.341 e. The van der Waals surface area contributed by atoms with Gasteiger partial charge in [-0.05, 0) is 32.4 Å². The molecule has 0 unspecified atom stereocenters. The topological polar surface area (TPSA) is 104 Å². The number of anilines is 1. The third kappa shape index (κ3) is 5.38. The number of thiophene rings is 1. The van der Waals surface area contributed by atoms with Crippen molar-refractivity contribution in [3.05, 3.63) is 74.5 Å². The minimum Gasteiger partial charge on any atom is -0.465 e. The van der Waals surface area contributed by atoms with Crippen LogP contribution in [0.25, 0.3) is 11.1 Å². The zero-order chi connectivity index (χ0) is 24.1. The summed E-state index contributed by atoms with van der Waals surface area (Å²) in [7, 11) is 1.23. The van der Waals surface area contributed by atoms with Crippen LogP contribution in [0.4, 0.5) is 5.00 Å². The number of amides is 1. The highest BCUT2D eigenvalue weighted by atomic mass is 32.1. The lowest BCUT2D eigenvalue weighted by Gasteiger charge is -2.10. The molecule has 2 heterocycles. The molecule has 0 bridgehead atoms. The lowest BCUT2D eigenvalue weighted by molar-refractivity contribution is -0.116. The highest BCUT2D eigenvalue weighted by Gasteiger charge is 2.25. The summed E-state index contributed by atoms with van der Waals surface area (Å²) < 4.78 is 11.0. The zero-order valence-corrected chi connectivity index (χ0v) is 19.6. The van der Waals surface area contributed by atoms with E-state index in [1.54, 1.807) is 6.92 Å². The van der Waals surface area contributed by atoms with Crippen molar-refractivity contribution in [1.82, 2.24) is 4.57 Å². The predicted molar refractivity (Wildman–Crippen MR) is 126 cm³/mol. The summed E-state index contributed by atoms with van der Waals surface area (Å²) in [4.78, 5) is 50.3. The van der Waals surface area contributed by atoms with Crippen molar-refractivity contribution < 1.29 is 23.9 Å². The number of nitrogens with one attached hydrogen (secondary N) is 1. The second-order valence-electron chi connectivity index (χ2n) is 7.25. The van der Waals surface area contributed by atoms with E-state index in [4.69, 9.17) is 4.74 Å². The van der Waals surface area contributed by atoms with Crippen LogP contribution in [0.1, 0.15) is 38.1 Å². The van der Waals surface area contributed by atoms with Crippen molar-refractivity contribution in [2.75, 3.05) is 19.0 Å². The first-order chi connectivity index (χ1) is 15.7. The second-order valence-corrected chi connectivity index (χ2v) is 8.47. The number of aryl methyl sites for hydroxylation is 2. The average molecular weight is 469 g/mol. The van der Waals surface area contributed by atoms with Gasteiger partial charge in [-0.25, -0.2) is 9.59 Å². The van der Waals surface area contributed by atoms with Crippen LogP contribution in [0.2, 0.25) is 0 Å². The maximum Gasteiger partial charge on any atom is 0.341 e. The Hall–Kier alpha value is -3.72. The molecule has 1 N–H and O–H groups in total. The summed E-state index contributed by atoms with van der Waals surface area (Å²) >= 11 is 1.25. The molecule has 0 spiro atoms. The number of ether oxygens (including phenoxy) is 2. The fraction of sp³-hybridized carbons (Fsp3) is 0.250. The van der Waals surface area contributed by atoms with Gasteiger partial charge in [-0.1, -0.05) is 29.8 Å². The van der Waals surface area contributed by atoms with Crippen LogP contribution >= 0.6 is 11.3 Å². The summed E-state index contributed by atoms with van der Waals surface area (Å²) in [6, 6.07) is 10.2. The Morgan fingerprint density at radius 3 is 2.36 bits per heavy atom. The summed E-state index contributed by atoms with van der Waals surface area (Å²) in [6.45, 7) is 5.39. The molecule has 33 heavy (non-hydrogen) atoms. The van der Waals surface area contributed by atoms with E-state index in [1.165, 1.54) is 36.8 Å². The molecular weight excluding hydrogens is 444 g/mol. The molecular formula is C24H24N2O6S. The van der Waals surface area contributed by atoms with E-state index in [1.807, 2.05) is 38.1 Å². The Morgan fingerprint density at radius 2 is 1.73 bits per heavy atom. The van der Waals surface area contributed by atoms with E-state index in [9.17, 15) is 19.2 Å². The van der Waals surface area contributed by atoms with Crippen molar-refractivity contribution in [3.63, 3.8) is 0 Å². The molecule has 3 aromatic rings. The van der Waals surface area contributed by atoms with E-state index < -0.39 is 23.4 Å². The van der Waals surface area contributed by atoms with E-state index in [2.05, 4.69) is 10.1 Å². The van der Waals surface area contributed by atoms with Gasteiger partial charge < -0.3 is 19.4 Å². The van der Waals surface area contributed by atoms with Gasteiger partial charge in [0.25, 0.3) is 5.56 Å². The molecule has 0 saturated heterocycles. The number of pyridine rings is 1. The van der Waals surface area contributed by atoms with Gasteiger partial charge in [-0.3, -0.25) is 9.59 Å². The van der Waals surface area contributed by atoms with Gasteiger partial charge in [0.15, 0.2) is 0 Å². The molecule has 9 heteroatoms. The van der Waals surface area contributed by atoms with Crippen LogP contribution in [0.5, 0.6) is 0 Å². The first-order valence-electron chi connectivity index (χ1n) is 10.2. The highest BCUT2D eigenvalue weighted by Crippen LogP contribution is 2.40. The monoisotopic (exact) mass is 468 g/mol. The van der Waals surface area contributed by atoms with Crippen molar-refractivity contribution in [2.45, 2.75) is 27.3 Å². The second kappa shape index (κ2) is 10.3. The Labute approximate surface area is 194 Å². The number of aromatic nitrogens is 1. The zero-order valence-electron chi connectivity index (χ0n) is 18.8. The van der Waals surface area contributed by atoms with Crippen LogP contribution in [0, 0.1) is 13.8 Å². The standard InChI is InChI=1S/C24H24N2O6S/c1-5-32-24(30)21-20(16-8-6-14(2)7-9-16)15(3)33-22(21)25-18(27)13-26-12-17(23(29)31-4)10-11-19(26)28/h6-12H,5,13H2,1-4H3,(H,25,27). The lowest BCUT2D eigenvalue weighted by Crippen LogP contribution is -2.28. The van der Waals surface area contributed by atoms with E-state index >= 15 is 0 Å². The fourth-order valence-corrected chi connectivity index (χ4v) is 4.39. The maximum atomic E-state index is 12.8. The summed E-state index contributed by atoms with van der Waals surface area (Å²) in [5, 5.41) is 3.07. The minimum absolute atomic E-state index is 0.144. The lowest BCUT2D eigenvalue weighted by atomic mass is 10.0. The van der Waals surface area contributed by atoms with E-state index in [-0.39, 0.29) is 24.3 Å². The van der Waals surface area contributed by atoms with E-state index in [0.29, 0.717) is 10.6 Å². The number of rotatable bonds is 7. The summed E-state index contributed by atoms with van der Waals surface area (Å²) in [5.41, 5.74) is 2.57. The van der Waals surface area contributed by atoms with Gasteiger partial charge in [0.2, 0.25) is 5.91 Å². The van der Waals surface area contributed by atoms with Crippen LogP contribution in [0.15, 0.2) is 47.4 Å². The van der Waals surface area contributed by atoms with Crippen molar-refractivity contribution in [1.29, 1.82) is 0 Å². The molecule has 0 aliphatic rings. The van der Waals surface area contributed by atoms with Gasteiger partial charge in [0.05, 0.1) is 19.3 Å². The molecule has 1 aromatic carbocycles. The van der Waals surface area contributed by atoms with Gasteiger partial charge in [0, 0.05) is 22.7 Å². The third-order valence-corrected chi connectivity index (χ3v) is 5.90. The summed E-state index contributed by atoms with van der Waals surface area (Å²) in [5.74, 6) is -1.69. The molecule has 1 amide bonds. The Balaban J connectivity index is 1.95. The third-order valence-electron chi connectivity index (χ3n) is 4.88. The van der Waals surface area contributed by atoms with Crippen molar-refractivity contribution in [2.24, 2.45) is 0 Å². The minimum atomic E-state index is -0.620. The first-order valence-corrected chi connectivity index (χ1v) is 11.0. The Morgan fingerprint density at radius 1 is 1.03 bits per heavy atom. The number of esters is 2. The predicted octanol–water partition coefficient (Wildman–Crippen LogP) is 3.80. The van der Waals surface area contributed by atoms with Crippen molar-refractivity contribution >= 4 is 34.2 Å². The van der Waals surface area contributed by atoms with Gasteiger partial charge >= 0.3 is 11.9 Å². The number of carbonyl (C=O) groups excluding carboxylic acids is 3. The molecule has 0 aliphatic carbocycles. The van der Waals surface area contributed by atoms with Crippen LogP contribution in [-0.4, -0.2) is 36.1 Å². The maximum absolute atomic E-state index is 12.8. The average Bonchev–Trinajstić information content (AvgIpc) is 3.10. The number of methoxy groups -OCH3 is 1. The molecule has 0 fully saturated rings. The largest absolute Gasteiger partial charge is 0.465 e. The SMILES string of the molecule is CCOC(=O)c1c(NC(=O)Cn2cc(C(=O)OC)ccc2=O)sc(C)c1-c1ccc(C)cc1. The van der Waals surface area contributed by atoms with Crippen LogP contribution in [-0.2, 0) is 20.8 Å². The number of benzene rings is 1. The molecule has 0 saturated carbocycles. The number of carbonyl (C=O) groups is 3. The Kier molecular flexibility index (Phi) is 7.44. The van der Waals surface area contributed by atoms with Gasteiger partial charge in [-0.15, -0.1) is 11.3 Å². The van der Waals surface area contributed by atoms with Gasteiger partial charge in [0.1, 0.15) is 17.1 Å². The molecule has 0 atom stereocenters. The number of hydrogen-bond acceptors (Lipinski definition) is 7. The number of nitrogens with zero attached hydrogens (tertiary/aromatic N) is 1. The van der Waals surface area contributed by atoms with Crippen LogP contribution in [0.3, 0.4) is 0 Å². The molecule has 0 radical (unpaired) electrons. The molecule has 8 nitrogen and oxygen atoms in total. The normalized spacial score (nSPS) is 10.5. The molecule has 2 aromatic heterocycles. The molecule has 172 valence electrons. The quantitative estimate of drug-likeness (QED) is 0.529. The number of hydrogen-bond donors (Lipinski definition) is 1. The van der Waals surface area contributed by atoms with Gasteiger partial charge in [-0.2, -0.15) is 0 Å².